The van der Waals surface area contributed by atoms with Gasteiger partial charge in [-0.3, -0.25) is 0 Å². The highest BCUT2D eigenvalue weighted by atomic mass is 15.1. The summed E-state index contributed by atoms with van der Waals surface area (Å²) in [4.78, 5) is 2.67. The summed E-state index contributed by atoms with van der Waals surface area (Å²) in [6, 6.07) is 0. The van der Waals surface area contributed by atoms with Gasteiger partial charge in [0.1, 0.15) is 0 Å². The van der Waals surface area contributed by atoms with Crippen molar-refractivity contribution < 1.29 is 0 Å². The van der Waals surface area contributed by atoms with Crippen molar-refractivity contribution >= 4 is 0 Å². The van der Waals surface area contributed by atoms with E-state index in [1.165, 1.54) is 77.7 Å². The molecule has 0 radical (unpaired) electrons. The van der Waals surface area contributed by atoms with Crippen LogP contribution in [-0.4, -0.2) is 37.6 Å². The van der Waals surface area contributed by atoms with E-state index < -0.39 is 0 Å². The van der Waals surface area contributed by atoms with Crippen LogP contribution >= 0.6 is 0 Å². The van der Waals surface area contributed by atoms with Crippen molar-refractivity contribution in [3.63, 3.8) is 0 Å². The summed E-state index contributed by atoms with van der Waals surface area (Å²) in [5, 5.41) is 3.51. The van der Waals surface area contributed by atoms with Crippen LogP contribution in [0.4, 0.5) is 0 Å². The Labute approximate surface area is 94.4 Å². The Hall–Kier alpha value is -0.0800. The maximum atomic E-state index is 3.51. The SMILES string of the molecule is C1CCN(CCC[C@H]2CCCNC2)CC1. The Kier molecular flexibility index (Phi) is 4.94. The molecule has 2 heterocycles. The minimum atomic E-state index is 0.976. The lowest BCUT2D eigenvalue weighted by Gasteiger charge is -2.28. The third kappa shape index (κ3) is 4.12. The Morgan fingerprint density at radius 3 is 2.67 bits per heavy atom. The molecular weight excluding hydrogens is 184 g/mol. The minimum Gasteiger partial charge on any atom is -0.316 e. The summed E-state index contributed by atoms with van der Waals surface area (Å²) in [5.74, 6) is 0.976. The molecule has 0 aliphatic carbocycles. The average Bonchev–Trinajstić information content (AvgIpc) is 2.32. The van der Waals surface area contributed by atoms with Gasteiger partial charge in [0, 0.05) is 0 Å². The lowest BCUT2D eigenvalue weighted by Crippen LogP contribution is -2.32. The van der Waals surface area contributed by atoms with Gasteiger partial charge in [-0.1, -0.05) is 6.42 Å². The number of hydrogen-bond donors (Lipinski definition) is 1. The van der Waals surface area contributed by atoms with E-state index in [2.05, 4.69) is 10.2 Å². The standard InChI is InChI=1S/C13H26N2/c1-2-9-15(10-3-1)11-5-7-13-6-4-8-14-12-13/h13-14H,1-12H2/t13-/m1/s1. The molecule has 2 aliphatic heterocycles. The zero-order chi connectivity index (χ0) is 10.3. The average molecular weight is 210 g/mol. The number of rotatable bonds is 4. The Bertz CT molecular complexity index is 140. The van der Waals surface area contributed by atoms with Crippen LogP contribution in [0.15, 0.2) is 0 Å². The van der Waals surface area contributed by atoms with Crippen molar-refractivity contribution in [1.82, 2.24) is 10.2 Å². The predicted octanol–water partition coefficient (Wildman–Crippen LogP) is 2.25. The molecule has 2 saturated heterocycles. The van der Waals surface area contributed by atoms with E-state index in [0.29, 0.717) is 0 Å². The molecule has 0 aromatic carbocycles. The van der Waals surface area contributed by atoms with Crippen LogP contribution in [0.5, 0.6) is 0 Å². The number of piperidine rings is 2. The zero-order valence-corrected chi connectivity index (χ0v) is 10.0. The van der Waals surface area contributed by atoms with Gasteiger partial charge in [0.05, 0.1) is 0 Å². The van der Waals surface area contributed by atoms with Crippen molar-refractivity contribution in [1.29, 1.82) is 0 Å². The molecule has 0 aromatic rings. The van der Waals surface area contributed by atoms with Gasteiger partial charge >= 0.3 is 0 Å². The second kappa shape index (κ2) is 6.49. The zero-order valence-electron chi connectivity index (χ0n) is 10.0. The quantitative estimate of drug-likeness (QED) is 0.765. The molecule has 1 N–H and O–H groups in total. The van der Waals surface area contributed by atoms with Crippen LogP contribution in [0, 0.1) is 5.92 Å². The molecule has 2 rings (SSSR count). The van der Waals surface area contributed by atoms with Gasteiger partial charge in [-0.15, -0.1) is 0 Å². The van der Waals surface area contributed by atoms with Crippen molar-refractivity contribution in [2.45, 2.75) is 44.9 Å². The van der Waals surface area contributed by atoms with E-state index in [1.54, 1.807) is 0 Å². The molecule has 2 nitrogen and oxygen atoms in total. The number of nitrogens with one attached hydrogen (secondary N) is 1. The van der Waals surface area contributed by atoms with E-state index in [-0.39, 0.29) is 0 Å². The van der Waals surface area contributed by atoms with Crippen molar-refractivity contribution in [2.75, 3.05) is 32.7 Å². The van der Waals surface area contributed by atoms with Crippen LogP contribution in [0.25, 0.3) is 0 Å². The largest absolute Gasteiger partial charge is 0.316 e. The Balaban J connectivity index is 1.53. The van der Waals surface area contributed by atoms with Gasteiger partial charge in [-0.25, -0.2) is 0 Å². The first-order valence-corrected chi connectivity index (χ1v) is 6.88. The van der Waals surface area contributed by atoms with Crippen LogP contribution in [0.2, 0.25) is 0 Å². The molecule has 0 amide bonds. The summed E-state index contributed by atoms with van der Waals surface area (Å²) in [5.41, 5.74) is 0. The fourth-order valence-electron chi connectivity index (χ4n) is 2.96. The summed E-state index contributed by atoms with van der Waals surface area (Å²) in [7, 11) is 0. The molecule has 2 heteroatoms. The van der Waals surface area contributed by atoms with Gasteiger partial charge in [0.15, 0.2) is 0 Å². The van der Waals surface area contributed by atoms with Crippen LogP contribution in [0.3, 0.4) is 0 Å². The lowest BCUT2D eigenvalue weighted by atomic mass is 9.94. The van der Waals surface area contributed by atoms with Crippen molar-refractivity contribution in [3.05, 3.63) is 0 Å². The molecule has 0 spiro atoms. The topological polar surface area (TPSA) is 15.3 Å². The Morgan fingerprint density at radius 1 is 1.07 bits per heavy atom. The lowest BCUT2D eigenvalue weighted by molar-refractivity contribution is 0.216. The number of hydrogen-bond acceptors (Lipinski definition) is 2. The van der Waals surface area contributed by atoms with E-state index in [9.17, 15) is 0 Å². The van der Waals surface area contributed by atoms with Gasteiger partial charge < -0.3 is 10.2 Å². The van der Waals surface area contributed by atoms with Crippen molar-refractivity contribution in [3.8, 4) is 0 Å². The summed E-state index contributed by atoms with van der Waals surface area (Å²) < 4.78 is 0. The van der Waals surface area contributed by atoms with Gasteiger partial charge in [-0.05, 0) is 77.2 Å². The molecule has 88 valence electrons. The first-order valence-electron chi connectivity index (χ1n) is 6.88. The molecule has 0 bridgehead atoms. The maximum absolute atomic E-state index is 3.51. The summed E-state index contributed by atoms with van der Waals surface area (Å²) >= 11 is 0. The second-order valence-electron chi connectivity index (χ2n) is 5.26. The predicted molar refractivity (Wildman–Crippen MR) is 65.1 cm³/mol. The molecular formula is C13H26N2. The summed E-state index contributed by atoms with van der Waals surface area (Å²) in [6.07, 6.45) is 10.1. The van der Waals surface area contributed by atoms with Crippen molar-refractivity contribution in [2.24, 2.45) is 5.92 Å². The van der Waals surface area contributed by atoms with Gasteiger partial charge in [0.2, 0.25) is 0 Å². The molecule has 0 unspecified atom stereocenters. The molecule has 1 atom stereocenters. The second-order valence-corrected chi connectivity index (χ2v) is 5.26. The number of nitrogens with zero attached hydrogens (tertiary/aromatic N) is 1. The van der Waals surface area contributed by atoms with E-state index in [0.717, 1.165) is 5.92 Å². The summed E-state index contributed by atoms with van der Waals surface area (Å²) in [6.45, 7) is 6.62. The highest BCUT2D eigenvalue weighted by Gasteiger charge is 2.14. The molecule has 0 saturated carbocycles. The molecule has 2 fully saturated rings. The smallest absolute Gasteiger partial charge is 0.00186 e. The minimum absolute atomic E-state index is 0.976. The highest BCUT2D eigenvalue weighted by Crippen LogP contribution is 2.17. The van der Waals surface area contributed by atoms with E-state index >= 15 is 0 Å². The fraction of sp³-hybridized carbons (Fsp3) is 1.00. The van der Waals surface area contributed by atoms with Crippen LogP contribution in [0.1, 0.15) is 44.9 Å². The molecule has 15 heavy (non-hydrogen) atoms. The maximum Gasteiger partial charge on any atom is -0.00186 e. The Morgan fingerprint density at radius 2 is 1.93 bits per heavy atom. The third-order valence-electron chi connectivity index (χ3n) is 3.93. The first kappa shape index (κ1) is 11.4. The monoisotopic (exact) mass is 210 g/mol. The van der Waals surface area contributed by atoms with Crippen LogP contribution in [-0.2, 0) is 0 Å². The van der Waals surface area contributed by atoms with E-state index in [1.807, 2.05) is 0 Å². The van der Waals surface area contributed by atoms with Gasteiger partial charge in [0.25, 0.3) is 0 Å². The highest BCUT2D eigenvalue weighted by molar-refractivity contribution is 4.70. The third-order valence-corrected chi connectivity index (χ3v) is 3.93. The van der Waals surface area contributed by atoms with E-state index in [4.69, 9.17) is 0 Å². The first-order chi connectivity index (χ1) is 7.45. The fourth-order valence-corrected chi connectivity index (χ4v) is 2.96. The van der Waals surface area contributed by atoms with Gasteiger partial charge in [-0.2, -0.15) is 0 Å². The number of likely N-dealkylation sites (tertiary alicyclic amines) is 1. The van der Waals surface area contributed by atoms with Crippen LogP contribution < -0.4 is 5.32 Å². The normalized spacial score (nSPS) is 29.2. The molecule has 2 aliphatic rings. The molecule has 0 aromatic heterocycles.